The molecule has 0 bridgehead atoms. The van der Waals surface area contributed by atoms with Crippen molar-refractivity contribution in [1.82, 2.24) is 14.7 Å². The van der Waals surface area contributed by atoms with Gasteiger partial charge in [0.05, 0.1) is 12.6 Å². The monoisotopic (exact) mass is 380 g/mol. The Balaban J connectivity index is 0.00000151. The maximum atomic E-state index is 11.9. The van der Waals surface area contributed by atoms with Crippen molar-refractivity contribution < 1.29 is 23.5 Å². The van der Waals surface area contributed by atoms with Crippen molar-refractivity contribution in [3.63, 3.8) is 0 Å². The summed E-state index contributed by atoms with van der Waals surface area (Å²) in [6, 6.07) is -0.592. The molecule has 1 aromatic heterocycles. The van der Waals surface area contributed by atoms with Crippen LogP contribution in [-0.4, -0.2) is 45.1 Å². The van der Waals surface area contributed by atoms with Gasteiger partial charge in [0.2, 0.25) is 0 Å². The van der Waals surface area contributed by atoms with Crippen LogP contribution < -0.4 is 28.4 Å². The van der Waals surface area contributed by atoms with Crippen LogP contribution in [-0.2, 0) is 18.6 Å². The van der Waals surface area contributed by atoms with E-state index in [-0.39, 0.29) is 13.0 Å². The van der Waals surface area contributed by atoms with E-state index in [1.807, 2.05) is 6.79 Å². The number of aromatic nitrogens is 2. The number of carbonyl (C=O) groups is 1. The first-order valence-corrected chi connectivity index (χ1v) is 8.54. The van der Waals surface area contributed by atoms with E-state index in [9.17, 15) is 14.2 Å². The van der Waals surface area contributed by atoms with Gasteiger partial charge < -0.3 is 14.4 Å². The molecule has 0 aromatic carbocycles. The third-order valence-electron chi connectivity index (χ3n) is 3.47. The zero-order valence-corrected chi connectivity index (χ0v) is 14.3. The molecular weight excluding hydrogens is 359 g/mol. The average molecular weight is 380 g/mol. The number of nitrogens with one attached hydrogen (secondary N) is 1. The zero-order valence-electron chi connectivity index (χ0n) is 13.4. The van der Waals surface area contributed by atoms with Crippen molar-refractivity contribution in [3.8, 4) is 0 Å². The molecule has 1 fully saturated rings. The predicted molar refractivity (Wildman–Crippen MR) is 85.7 cm³/mol. The Labute approximate surface area is 141 Å². The minimum atomic E-state index is -4.19. The van der Waals surface area contributed by atoms with E-state index in [0.29, 0.717) is 5.56 Å². The van der Waals surface area contributed by atoms with E-state index in [1.165, 1.54) is 17.7 Å². The first kappa shape index (κ1) is 21.3. The summed E-state index contributed by atoms with van der Waals surface area (Å²) in [6.45, 7) is 3.20. The van der Waals surface area contributed by atoms with Gasteiger partial charge in [-0.25, -0.2) is 14.9 Å². The Morgan fingerprint density at radius 2 is 2.12 bits per heavy atom. The summed E-state index contributed by atoms with van der Waals surface area (Å²) in [4.78, 5) is 42.4. The highest BCUT2D eigenvalue weighted by Gasteiger charge is 2.40. The van der Waals surface area contributed by atoms with E-state index in [2.05, 4.69) is 9.51 Å². The molecule has 8 N–H and O–H groups in total. The van der Waals surface area contributed by atoms with Gasteiger partial charge in [0.25, 0.3) is 5.56 Å². The van der Waals surface area contributed by atoms with Crippen LogP contribution in [0.1, 0.15) is 18.2 Å². The fourth-order valence-corrected chi connectivity index (χ4v) is 2.69. The van der Waals surface area contributed by atoms with Crippen LogP contribution in [0.5, 0.6) is 0 Å². The van der Waals surface area contributed by atoms with Crippen LogP contribution in [0.15, 0.2) is 15.8 Å². The fraction of sp³-hybridized carbons (Fsp3) is 0.545. The van der Waals surface area contributed by atoms with Gasteiger partial charge in [0.1, 0.15) is 19.1 Å². The number of rotatable bonds is 5. The molecule has 1 aromatic rings. The van der Waals surface area contributed by atoms with E-state index >= 15 is 0 Å². The van der Waals surface area contributed by atoms with Gasteiger partial charge in [-0.15, -0.1) is 0 Å². The molecule has 142 valence electrons. The van der Waals surface area contributed by atoms with Crippen molar-refractivity contribution >= 4 is 14.5 Å². The highest BCUT2D eigenvalue weighted by molar-refractivity contribution is 7.50. The second-order valence-corrected chi connectivity index (χ2v) is 6.60. The van der Waals surface area contributed by atoms with Gasteiger partial charge >= 0.3 is 13.4 Å². The Kier molecular flexibility index (Phi) is 7.34. The summed E-state index contributed by atoms with van der Waals surface area (Å²) < 4.78 is 22.5. The summed E-state index contributed by atoms with van der Waals surface area (Å²) in [5.74, 6) is 11.1. The topological polar surface area (TPSA) is 209 Å². The quantitative estimate of drug-likeness (QED) is 0.204. The Morgan fingerprint density at radius 3 is 2.64 bits per heavy atom. The van der Waals surface area contributed by atoms with Gasteiger partial charge in [-0.2, -0.15) is 5.12 Å². The van der Waals surface area contributed by atoms with E-state index < -0.39 is 37.4 Å². The number of aryl methyl sites for hydroxylation is 1. The first-order valence-electron chi connectivity index (χ1n) is 6.89. The number of hydrogen-bond acceptors (Lipinski definition) is 9. The molecule has 2 heterocycles. The lowest BCUT2D eigenvalue weighted by Crippen LogP contribution is -2.51. The first-order chi connectivity index (χ1) is 11.6. The lowest BCUT2D eigenvalue weighted by Gasteiger charge is -2.23. The fourth-order valence-electron chi connectivity index (χ4n) is 2.33. The molecule has 25 heavy (non-hydrogen) atoms. The van der Waals surface area contributed by atoms with Crippen LogP contribution in [0.25, 0.3) is 0 Å². The molecule has 1 aliphatic rings. The molecule has 4 unspecified atom stereocenters. The normalized spacial score (nSPS) is 25.3. The minimum absolute atomic E-state index is 0.201. The van der Waals surface area contributed by atoms with E-state index in [0.717, 1.165) is 5.12 Å². The van der Waals surface area contributed by atoms with Crippen molar-refractivity contribution in [1.29, 1.82) is 0 Å². The molecule has 0 aliphatic carbocycles. The highest BCUT2D eigenvalue weighted by atomic mass is 31.2. The smallest absolute Gasteiger partial charge is 0.350 e. The number of nitrogens with zero attached hydrogens (tertiary/aromatic N) is 2. The van der Waals surface area contributed by atoms with Crippen LogP contribution in [0.2, 0.25) is 0 Å². The summed E-state index contributed by atoms with van der Waals surface area (Å²) in [6.07, 6.45) is -0.0175. The predicted octanol–water partition coefficient (Wildman–Crippen LogP) is -2.56. The summed E-state index contributed by atoms with van der Waals surface area (Å²) in [5.41, 5.74) is 4.08. The number of hydrazine groups is 2. The van der Waals surface area contributed by atoms with Crippen molar-refractivity contribution in [2.45, 2.75) is 31.7 Å². The second kappa shape index (κ2) is 8.60. The van der Waals surface area contributed by atoms with Gasteiger partial charge in [-0.3, -0.25) is 30.6 Å². The van der Waals surface area contributed by atoms with Gasteiger partial charge in [-0.05, 0) is 6.92 Å². The SMILES string of the molecule is C=O.Cc1cn(C2CC(N(N)N)C(COP(N)(=O)O)O2)c(=O)[nH]c1=O. The lowest BCUT2D eigenvalue weighted by molar-refractivity contribution is -0.0980. The maximum Gasteiger partial charge on any atom is 0.400 e. The van der Waals surface area contributed by atoms with Crippen molar-refractivity contribution in [3.05, 3.63) is 32.6 Å². The molecule has 0 radical (unpaired) electrons. The molecule has 2 rings (SSSR count). The Bertz CT molecular complexity index is 743. The van der Waals surface area contributed by atoms with Crippen LogP contribution >= 0.6 is 7.75 Å². The molecule has 0 saturated carbocycles. The van der Waals surface area contributed by atoms with Gasteiger partial charge in [-0.1, -0.05) is 0 Å². The highest BCUT2D eigenvalue weighted by Crippen LogP contribution is 2.35. The second-order valence-electron chi connectivity index (χ2n) is 5.22. The maximum absolute atomic E-state index is 11.9. The molecule has 1 saturated heterocycles. The molecule has 1 aliphatic heterocycles. The summed E-state index contributed by atoms with van der Waals surface area (Å²) in [5, 5.41) is 0.871. The number of hydrogen-bond donors (Lipinski definition) is 5. The van der Waals surface area contributed by atoms with E-state index in [4.69, 9.17) is 31.6 Å². The number of carbonyl (C=O) groups excluding carboxylic acids is 1. The number of H-pyrrole nitrogens is 1. The largest absolute Gasteiger partial charge is 0.400 e. The van der Waals surface area contributed by atoms with Crippen LogP contribution in [0, 0.1) is 6.92 Å². The van der Waals surface area contributed by atoms with E-state index in [1.54, 1.807) is 0 Å². The molecule has 14 heteroatoms. The molecule has 13 nitrogen and oxygen atoms in total. The molecule has 0 amide bonds. The number of ether oxygens (including phenoxy) is 1. The zero-order chi connectivity index (χ0) is 19.4. The van der Waals surface area contributed by atoms with Crippen LogP contribution in [0.4, 0.5) is 0 Å². The minimum Gasteiger partial charge on any atom is -0.350 e. The molecule has 0 spiro atoms. The summed E-state index contributed by atoms with van der Waals surface area (Å²) in [7, 11) is -4.19. The molecular formula is C11H21N6O7P. The Morgan fingerprint density at radius 1 is 1.52 bits per heavy atom. The van der Waals surface area contributed by atoms with Crippen LogP contribution in [0.3, 0.4) is 0 Å². The Hall–Kier alpha value is -1.70. The third kappa shape index (κ3) is 5.66. The lowest BCUT2D eigenvalue weighted by atomic mass is 10.1. The van der Waals surface area contributed by atoms with Crippen molar-refractivity contribution in [2.75, 3.05) is 6.61 Å². The standard InChI is InChI=1S/C10H19N6O6P.CH2O/c1-5-3-15(10(18)14-9(5)17)8-2-6(16(11)12)7(22-8)4-21-23(13,19)20;1-2/h3,6-8H,2,4,11-12H2,1H3,(H3,13,19,20)(H,14,17,18);1H2. The average Bonchev–Trinajstić information content (AvgIpc) is 2.94. The number of aromatic amines is 1. The van der Waals surface area contributed by atoms with Gasteiger partial charge in [0.15, 0.2) is 0 Å². The third-order valence-corrected chi connectivity index (χ3v) is 3.99. The summed E-state index contributed by atoms with van der Waals surface area (Å²) >= 11 is 0. The molecule has 4 atom stereocenters. The number of nitrogens with two attached hydrogens (primary N) is 3. The van der Waals surface area contributed by atoms with Crippen molar-refractivity contribution in [2.24, 2.45) is 17.2 Å². The van der Waals surface area contributed by atoms with Gasteiger partial charge in [0, 0.05) is 18.2 Å².